The van der Waals surface area contributed by atoms with E-state index in [4.69, 9.17) is 0 Å². The second kappa shape index (κ2) is 6.55. The number of H-pyrrole nitrogens is 1. The fraction of sp³-hybridized carbons (Fsp3) is 0.316. The number of carbonyl (C=O) groups is 1. The number of anilines is 1. The van der Waals surface area contributed by atoms with Gasteiger partial charge in [0.1, 0.15) is 0 Å². The Hall–Kier alpha value is -2.89. The summed E-state index contributed by atoms with van der Waals surface area (Å²) in [6, 6.07) is 12.0. The topological polar surface area (TPSA) is 73.9 Å². The van der Waals surface area contributed by atoms with Crippen molar-refractivity contribution in [2.24, 2.45) is 5.92 Å². The number of para-hydroxylation sites is 2. The summed E-state index contributed by atoms with van der Waals surface area (Å²) in [5.74, 6) is 1.13. The monoisotopic (exact) mass is 335 g/mol. The van der Waals surface area contributed by atoms with Crippen molar-refractivity contribution in [2.45, 2.75) is 19.4 Å². The number of aromatic amines is 1. The Kier molecular flexibility index (Phi) is 4.09. The maximum Gasteiger partial charge on any atom is 0.223 e. The van der Waals surface area contributed by atoms with E-state index in [-0.39, 0.29) is 17.9 Å². The zero-order valence-corrected chi connectivity index (χ0v) is 14.1. The van der Waals surface area contributed by atoms with E-state index >= 15 is 0 Å². The van der Waals surface area contributed by atoms with Crippen LogP contribution in [0.4, 0.5) is 5.95 Å². The van der Waals surface area contributed by atoms with Crippen molar-refractivity contribution in [2.75, 3.05) is 18.4 Å². The molecule has 0 bridgehead atoms. The lowest BCUT2D eigenvalue weighted by molar-refractivity contribution is -0.128. The molecular formula is C19H21N5O. The molecule has 2 aromatic heterocycles. The molecule has 0 saturated carbocycles. The molecule has 1 saturated heterocycles. The molecule has 2 N–H and O–H groups in total. The average molecular weight is 335 g/mol. The average Bonchev–Trinajstić information content (AvgIpc) is 3.20. The van der Waals surface area contributed by atoms with E-state index in [1.165, 1.54) is 0 Å². The molecule has 1 aliphatic rings. The molecule has 0 spiro atoms. The van der Waals surface area contributed by atoms with Crippen molar-refractivity contribution in [3.05, 3.63) is 54.4 Å². The zero-order valence-electron chi connectivity index (χ0n) is 14.1. The molecule has 0 radical (unpaired) electrons. The summed E-state index contributed by atoms with van der Waals surface area (Å²) in [7, 11) is 0. The van der Waals surface area contributed by atoms with Crippen molar-refractivity contribution in [3.63, 3.8) is 0 Å². The highest BCUT2D eigenvalue weighted by atomic mass is 16.2. The second-order valence-corrected chi connectivity index (χ2v) is 6.36. The van der Waals surface area contributed by atoms with Gasteiger partial charge in [-0.15, -0.1) is 0 Å². The zero-order chi connectivity index (χ0) is 17.2. The van der Waals surface area contributed by atoms with Gasteiger partial charge >= 0.3 is 0 Å². The van der Waals surface area contributed by atoms with Gasteiger partial charge < -0.3 is 15.2 Å². The number of fused-ring (bicyclic) bond motifs is 1. The molecule has 2 atom stereocenters. The Balaban J connectivity index is 1.54. The van der Waals surface area contributed by atoms with E-state index < -0.39 is 0 Å². The highest BCUT2D eigenvalue weighted by molar-refractivity contribution is 5.80. The van der Waals surface area contributed by atoms with E-state index in [1.807, 2.05) is 54.4 Å². The van der Waals surface area contributed by atoms with Crippen LogP contribution in [-0.4, -0.2) is 38.8 Å². The Bertz CT molecular complexity index is 843. The molecule has 6 heteroatoms. The van der Waals surface area contributed by atoms with Gasteiger partial charge in [-0.3, -0.25) is 9.78 Å². The minimum Gasteiger partial charge on any atom is -0.355 e. The van der Waals surface area contributed by atoms with Gasteiger partial charge in [-0.1, -0.05) is 18.2 Å². The molecule has 6 nitrogen and oxygen atoms in total. The summed E-state index contributed by atoms with van der Waals surface area (Å²) in [6.45, 7) is 3.41. The fourth-order valence-corrected chi connectivity index (χ4v) is 3.69. The van der Waals surface area contributed by atoms with Crippen LogP contribution in [-0.2, 0) is 4.79 Å². The minimum atomic E-state index is 0.0584. The lowest BCUT2D eigenvalue weighted by atomic mass is 9.94. The smallest absolute Gasteiger partial charge is 0.223 e. The van der Waals surface area contributed by atoms with Crippen molar-refractivity contribution in [1.82, 2.24) is 19.9 Å². The molecule has 3 heterocycles. The van der Waals surface area contributed by atoms with Crippen LogP contribution in [0, 0.1) is 5.92 Å². The number of benzene rings is 1. The molecule has 1 amide bonds. The lowest BCUT2D eigenvalue weighted by Crippen LogP contribution is -2.30. The summed E-state index contributed by atoms with van der Waals surface area (Å²) in [6.07, 6.45) is 4.17. The van der Waals surface area contributed by atoms with Crippen LogP contribution < -0.4 is 5.32 Å². The van der Waals surface area contributed by atoms with Crippen LogP contribution in [0.5, 0.6) is 0 Å². The third-order valence-corrected chi connectivity index (χ3v) is 4.83. The first kappa shape index (κ1) is 15.6. The molecule has 1 aliphatic heterocycles. The number of hydrogen-bond donors (Lipinski definition) is 2. The molecule has 25 heavy (non-hydrogen) atoms. The number of amides is 1. The maximum absolute atomic E-state index is 12.4. The number of nitrogens with one attached hydrogen (secondary N) is 2. The quantitative estimate of drug-likeness (QED) is 0.752. The molecule has 1 aromatic carbocycles. The Labute approximate surface area is 146 Å². The number of pyridine rings is 1. The lowest BCUT2D eigenvalue weighted by Gasteiger charge is -2.27. The molecular weight excluding hydrogens is 314 g/mol. The normalized spacial score (nSPS) is 20.4. The first-order chi connectivity index (χ1) is 12.3. The van der Waals surface area contributed by atoms with Gasteiger partial charge in [-0.05, 0) is 30.7 Å². The third kappa shape index (κ3) is 2.95. The third-order valence-electron chi connectivity index (χ3n) is 4.83. The summed E-state index contributed by atoms with van der Waals surface area (Å²) >= 11 is 0. The number of rotatable bonds is 5. The van der Waals surface area contributed by atoms with Crippen molar-refractivity contribution in [1.29, 1.82) is 0 Å². The maximum atomic E-state index is 12.4. The van der Waals surface area contributed by atoms with Gasteiger partial charge in [0.15, 0.2) is 0 Å². The van der Waals surface area contributed by atoms with Gasteiger partial charge in [0.05, 0.1) is 17.1 Å². The van der Waals surface area contributed by atoms with Gasteiger partial charge in [0, 0.05) is 37.8 Å². The molecule has 0 aliphatic carbocycles. The SMILES string of the molecule is CCN1C(=O)C[C@@H](CNc2nc3ccccc3[nH]2)[C@@H]1c1cccnc1. The van der Waals surface area contributed by atoms with E-state index in [9.17, 15) is 4.79 Å². The summed E-state index contributed by atoms with van der Waals surface area (Å²) < 4.78 is 0. The van der Waals surface area contributed by atoms with Gasteiger partial charge in [-0.2, -0.15) is 0 Å². The molecule has 1 fully saturated rings. The number of hydrogen-bond acceptors (Lipinski definition) is 4. The largest absolute Gasteiger partial charge is 0.355 e. The molecule has 0 unspecified atom stereocenters. The van der Waals surface area contributed by atoms with Crippen LogP contribution in [0.3, 0.4) is 0 Å². The number of likely N-dealkylation sites (tertiary alicyclic amines) is 1. The van der Waals surface area contributed by atoms with E-state index in [1.54, 1.807) is 6.20 Å². The van der Waals surface area contributed by atoms with E-state index in [0.717, 1.165) is 22.5 Å². The summed E-state index contributed by atoms with van der Waals surface area (Å²) in [5, 5.41) is 3.38. The van der Waals surface area contributed by atoms with Crippen molar-refractivity contribution < 1.29 is 4.79 Å². The molecule has 128 valence electrons. The summed E-state index contributed by atoms with van der Waals surface area (Å²) in [4.78, 5) is 26.4. The summed E-state index contributed by atoms with van der Waals surface area (Å²) in [5.41, 5.74) is 3.03. The van der Waals surface area contributed by atoms with Gasteiger partial charge in [0.25, 0.3) is 0 Å². The number of nitrogens with zero attached hydrogens (tertiary/aromatic N) is 3. The highest BCUT2D eigenvalue weighted by Gasteiger charge is 2.39. The van der Waals surface area contributed by atoms with Crippen molar-refractivity contribution >= 4 is 22.9 Å². The van der Waals surface area contributed by atoms with Gasteiger partial charge in [0.2, 0.25) is 11.9 Å². The highest BCUT2D eigenvalue weighted by Crippen LogP contribution is 2.37. The van der Waals surface area contributed by atoms with Crippen LogP contribution >= 0.6 is 0 Å². The van der Waals surface area contributed by atoms with Crippen LogP contribution in [0.2, 0.25) is 0 Å². The minimum absolute atomic E-state index is 0.0584. The number of imidazole rings is 1. The number of carbonyl (C=O) groups excluding carboxylic acids is 1. The Morgan fingerprint density at radius 1 is 1.28 bits per heavy atom. The molecule has 3 aromatic rings. The fourth-order valence-electron chi connectivity index (χ4n) is 3.69. The first-order valence-corrected chi connectivity index (χ1v) is 8.64. The Morgan fingerprint density at radius 3 is 2.92 bits per heavy atom. The Morgan fingerprint density at radius 2 is 2.16 bits per heavy atom. The predicted molar refractivity (Wildman–Crippen MR) is 97.1 cm³/mol. The van der Waals surface area contributed by atoms with E-state index in [0.29, 0.717) is 19.5 Å². The van der Waals surface area contributed by atoms with Gasteiger partial charge in [-0.25, -0.2) is 4.98 Å². The molecule has 4 rings (SSSR count). The number of aromatic nitrogens is 3. The first-order valence-electron chi connectivity index (χ1n) is 8.64. The van der Waals surface area contributed by atoms with Crippen molar-refractivity contribution in [3.8, 4) is 0 Å². The standard InChI is InChI=1S/C19H21N5O/c1-2-24-17(25)10-14(18(24)13-6-5-9-20-11-13)12-21-19-22-15-7-3-4-8-16(15)23-19/h3-9,11,14,18H,2,10,12H2,1H3,(H2,21,22,23)/t14-,18-/m0/s1. The second-order valence-electron chi connectivity index (χ2n) is 6.36. The predicted octanol–water partition coefficient (Wildman–Crippen LogP) is 2.98. The van der Waals surface area contributed by atoms with Crippen LogP contribution in [0.15, 0.2) is 48.8 Å². The van der Waals surface area contributed by atoms with Crippen LogP contribution in [0.1, 0.15) is 24.9 Å². The van der Waals surface area contributed by atoms with Crippen LogP contribution in [0.25, 0.3) is 11.0 Å². The van der Waals surface area contributed by atoms with E-state index in [2.05, 4.69) is 20.3 Å².